The van der Waals surface area contributed by atoms with Crippen LogP contribution in [0, 0.1) is 25.6 Å². The molecule has 0 aliphatic rings. The van der Waals surface area contributed by atoms with Gasteiger partial charge in [-0.1, -0.05) is 6.08 Å². The minimum atomic E-state index is -0.850. The van der Waals surface area contributed by atoms with E-state index in [2.05, 4.69) is 30.3 Å². The van der Waals surface area contributed by atoms with Crippen LogP contribution in [-0.2, 0) is 18.9 Å². The van der Waals surface area contributed by atoms with Crippen LogP contribution in [0.5, 0.6) is 0 Å². The van der Waals surface area contributed by atoms with E-state index in [0.717, 1.165) is 12.8 Å². The molecule has 2 atom stereocenters. The topological polar surface area (TPSA) is 101 Å². The fourth-order valence-corrected chi connectivity index (χ4v) is 1.25. The fraction of sp³-hybridized carbons (Fsp3) is 0.688. The van der Waals surface area contributed by atoms with Gasteiger partial charge >= 0.3 is 0 Å². The van der Waals surface area contributed by atoms with Crippen molar-refractivity contribution in [3.05, 3.63) is 26.9 Å². The molecule has 0 saturated carbocycles. The molecule has 138 valence electrons. The van der Waals surface area contributed by atoms with Gasteiger partial charge in [-0.05, 0) is 19.3 Å². The third-order valence-corrected chi connectivity index (χ3v) is 2.39. The van der Waals surface area contributed by atoms with E-state index in [9.17, 15) is 0 Å². The van der Waals surface area contributed by atoms with Crippen molar-refractivity contribution in [2.75, 3.05) is 33.0 Å². The van der Waals surface area contributed by atoms with Gasteiger partial charge in [0.25, 0.3) is 0 Å². The summed E-state index contributed by atoms with van der Waals surface area (Å²) in [5, 5.41) is 26.2. The Balaban J connectivity index is -0.000000354. The van der Waals surface area contributed by atoms with E-state index >= 15 is 0 Å². The van der Waals surface area contributed by atoms with Gasteiger partial charge in [0.15, 0.2) is 6.29 Å². The first-order valence-corrected chi connectivity index (χ1v) is 7.39. The number of unbranched alkanes of at least 4 members (excludes halogenated alkanes) is 1. The largest absolute Gasteiger partial charge is 0.553 e. The predicted octanol–water partition coefficient (Wildman–Crippen LogP) is 1.57. The Morgan fingerprint density at radius 1 is 1.12 bits per heavy atom. The molecule has 0 rings (SSSR count). The first-order chi connectivity index (χ1) is 11.1. The van der Waals surface area contributed by atoms with Gasteiger partial charge in [0.1, 0.15) is 0 Å². The van der Waals surface area contributed by atoms with E-state index in [-0.39, 0.29) is 13.2 Å². The Bertz CT molecular complexity index is 288. The normalized spacial score (nSPS) is 12.1. The summed E-state index contributed by atoms with van der Waals surface area (Å²) in [5.41, 5.74) is 0. The zero-order chi connectivity index (χ0) is 17.8. The Labute approximate surface area is 139 Å². The molecule has 7 nitrogen and oxygen atoms in total. The number of allylic oxidation sites excluding steroid dienone is 1. The van der Waals surface area contributed by atoms with Gasteiger partial charge in [0.2, 0.25) is 0 Å². The van der Waals surface area contributed by atoms with E-state index in [0.29, 0.717) is 32.7 Å². The predicted molar refractivity (Wildman–Crippen MR) is 85.7 cm³/mol. The first kappa shape index (κ1) is 26.9. The van der Waals surface area contributed by atoms with Crippen LogP contribution >= 0.6 is 0 Å². The van der Waals surface area contributed by atoms with Gasteiger partial charge in [-0.3, -0.25) is 0 Å². The van der Waals surface area contributed by atoms with Crippen molar-refractivity contribution in [2.24, 2.45) is 0 Å². The molecular weight excluding hydrogens is 569 g/mol. The zero-order valence-corrected chi connectivity index (χ0v) is 20.8. The molecule has 0 spiro atoms. The molecule has 0 heterocycles. The number of hydrogen-bond donors (Lipinski definition) is 2. The molecule has 0 fully saturated rings. The summed E-state index contributed by atoms with van der Waals surface area (Å²) < 4.78 is 18.8. The van der Waals surface area contributed by atoms with Crippen LogP contribution in [0.3, 0.4) is 0 Å². The Kier molecular flexibility index (Phi) is 26.0. The molecule has 8 heteroatoms. The van der Waals surface area contributed by atoms with Gasteiger partial charge in [-0.25, -0.2) is 14.2 Å². The van der Waals surface area contributed by atoms with Crippen molar-refractivity contribution < 1.29 is 29.2 Å². The Morgan fingerprint density at radius 3 is 2.33 bits per heavy atom. The molecule has 2 unspecified atom stereocenters. The molecule has 0 aromatic carbocycles. The maximum absolute atomic E-state index is 9.10. The SMILES string of the molecule is C=CCCCOC(O)CO[CH2-].[CH2-]OCC(O)CCOCCC#N.[Rf]. The molecule has 0 aromatic rings. The maximum Gasteiger partial charge on any atom is 0.175 e. The fourth-order valence-electron chi connectivity index (χ4n) is 1.25. The molecule has 2 N–H and O–H groups in total. The quantitative estimate of drug-likeness (QED) is 0.136. The van der Waals surface area contributed by atoms with Gasteiger partial charge in [-0.15, -0.1) is 6.58 Å². The van der Waals surface area contributed by atoms with Crippen LogP contribution in [0.25, 0.3) is 0 Å². The average Bonchev–Trinajstić information content (AvgIpc) is 2.53. The molecule has 0 aliphatic carbocycles. The monoisotopic (exact) mass is 598 g/mol. The number of nitriles is 1. The summed E-state index contributed by atoms with van der Waals surface area (Å²) in [6.45, 7) is 5.30. The number of hydrogen-bond acceptors (Lipinski definition) is 7. The van der Waals surface area contributed by atoms with Crippen LogP contribution in [0.4, 0.5) is 0 Å². The van der Waals surface area contributed by atoms with Gasteiger partial charge in [-0.2, -0.15) is 5.26 Å². The third kappa shape index (κ3) is 25.0. The molecular formula is C16H29NO6Rf-2. The Morgan fingerprint density at radius 2 is 1.79 bits per heavy atom. The van der Waals surface area contributed by atoms with Gasteiger partial charge in [0, 0.05) is 13.2 Å². The maximum atomic E-state index is 9.10. The number of nitrogens with zero attached hydrogens (tertiary/aromatic N) is 1. The second-order valence-electron chi connectivity index (χ2n) is 4.46. The second-order valence-corrected chi connectivity index (χ2v) is 4.46. The smallest absolute Gasteiger partial charge is 0.175 e. The van der Waals surface area contributed by atoms with E-state index in [1.54, 1.807) is 0 Å². The summed E-state index contributed by atoms with van der Waals surface area (Å²) in [7, 11) is 6.25. The minimum absolute atomic E-state index is 0. The number of rotatable bonds is 14. The number of aliphatic hydroxyl groups excluding tert-OH is 2. The molecule has 0 aromatic heterocycles. The zero-order valence-electron chi connectivity index (χ0n) is 14.4. The average molecular weight is 598 g/mol. The van der Waals surface area contributed by atoms with Crippen molar-refractivity contribution >= 4 is 0 Å². The van der Waals surface area contributed by atoms with Crippen LogP contribution in [0.15, 0.2) is 12.7 Å². The Hall–Kier alpha value is -2.01. The van der Waals surface area contributed by atoms with Crippen LogP contribution in [-0.4, -0.2) is 55.6 Å². The van der Waals surface area contributed by atoms with E-state index in [1.165, 1.54) is 0 Å². The molecule has 0 radical (unpaired) electrons. The number of aliphatic hydroxyl groups is 2. The molecule has 0 aliphatic heterocycles. The second kappa shape index (κ2) is 23.3. The van der Waals surface area contributed by atoms with Crippen molar-refractivity contribution in [1.82, 2.24) is 0 Å². The van der Waals surface area contributed by atoms with Crippen molar-refractivity contribution in [1.29, 1.82) is 5.26 Å². The third-order valence-electron chi connectivity index (χ3n) is 2.39. The van der Waals surface area contributed by atoms with Crippen molar-refractivity contribution in [3.8, 4) is 6.07 Å². The first-order valence-electron chi connectivity index (χ1n) is 7.39. The van der Waals surface area contributed by atoms with E-state index in [4.69, 9.17) is 24.9 Å². The van der Waals surface area contributed by atoms with E-state index < -0.39 is 12.4 Å². The number of ether oxygens (including phenoxy) is 4. The minimum Gasteiger partial charge on any atom is -0.553 e. The summed E-state index contributed by atoms with van der Waals surface area (Å²) in [6.07, 6.45) is 3.12. The molecule has 0 amide bonds. The molecule has 0 saturated heterocycles. The summed E-state index contributed by atoms with van der Waals surface area (Å²) in [5.74, 6) is 0. The summed E-state index contributed by atoms with van der Waals surface area (Å²) in [6, 6.07) is 1.96. The van der Waals surface area contributed by atoms with Crippen LogP contribution in [0.1, 0.15) is 25.7 Å². The van der Waals surface area contributed by atoms with Gasteiger partial charge in [0.05, 0.1) is 38.4 Å². The van der Waals surface area contributed by atoms with Crippen molar-refractivity contribution in [2.45, 2.75) is 38.1 Å². The summed E-state index contributed by atoms with van der Waals surface area (Å²) in [4.78, 5) is 0. The van der Waals surface area contributed by atoms with Gasteiger partial charge < -0.3 is 29.2 Å². The molecule has 0 bridgehead atoms. The van der Waals surface area contributed by atoms with Crippen LogP contribution in [0.2, 0.25) is 0 Å². The van der Waals surface area contributed by atoms with E-state index in [1.807, 2.05) is 12.1 Å². The van der Waals surface area contributed by atoms with Crippen LogP contribution < -0.4 is 0 Å². The summed E-state index contributed by atoms with van der Waals surface area (Å²) >= 11 is 0. The standard InChI is InChI=1S/C8H14NO3.C8H15O3.Rf/c1-11-7-8(10)3-6-12-5-2-4-9;1-3-4-5-6-11-8(9)7-10-2;/h8,10H,1-3,5-7H2;3,8-9H,1-2,4-7H2;/q2*-1;. The molecule has 24 heavy (non-hydrogen) atoms. The van der Waals surface area contributed by atoms with Crippen molar-refractivity contribution in [3.63, 3.8) is 0 Å².